The van der Waals surface area contributed by atoms with Gasteiger partial charge in [-0.1, -0.05) is 89.9 Å². The van der Waals surface area contributed by atoms with Gasteiger partial charge >= 0.3 is 0 Å². The third-order valence-electron chi connectivity index (χ3n) is 5.00. The molecule has 0 heterocycles. The van der Waals surface area contributed by atoms with E-state index in [9.17, 15) is 9.59 Å². The predicted molar refractivity (Wildman–Crippen MR) is 141 cm³/mol. The Morgan fingerprint density at radius 1 is 0.941 bits per heavy atom. The molecular formula is C26H26BrN3O3S. The summed E-state index contributed by atoms with van der Waals surface area (Å²) in [5.74, 6) is -0.825. The highest BCUT2D eigenvalue weighted by Crippen LogP contribution is 2.25. The molecule has 0 saturated carbocycles. The van der Waals surface area contributed by atoms with Gasteiger partial charge in [-0.2, -0.15) is 0 Å². The van der Waals surface area contributed by atoms with Gasteiger partial charge in [-0.05, 0) is 48.0 Å². The van der Waals surface area contributed by atoms with Crippen molar-refractivity contribution in [3.8, 4) is 5.75 Å². The molecule has 0 aromatic heterocycles. The Morgan fingerprint density at radius 2 is 1.56 bits per heavy atom. The molecule has 0 spiro atoms. The molecule has 0 bridgehead atoms. The monoisotopic (exact) mass is 539 g/mol. The molecule has 8 heteroatoms. The number of hydrogen-bond acceptors (Lipinski definition) is 4. The van der Waals surface area contributed by atoms with Crippen LogP contribution in [0.2, 0.25) is 0 Å². The van der Waals surface area contributed by atoms with E-state index in [1.54, 1.807) is 12.1 Å². The number of ether oxygens (including phenoxy) is 1. The van der Waals surface area contributed by atoms with Gasteiger partial charge in [0.2, 0.25) is 5.91 Å². The van der Waals surface area contributed by atoms with Crippen molar-refractivity contribution < 1.29 is 14.3 Å². The van der Waals surface area contributed by atoms with Crippen molar-refractivity contribution in [2.24, 2.45) is 0 Å². The lowest BCUT2D eigenvalue weighted by Crippen LogP contribution is -2.49. The standard InChI is InChI=1S/C26H26BrN3O3S/c1-2-3-16-33-22-15-14-20(27)17-21(22)24(31)28-26(34)30-29-25(32)23(18-10-6-4-7-11-18)19-12-8-5-9-13-19/h4-15,17,23H,2-3,16H2,1H3,(H,29,32)(H2,28,30,31,34). The molecule has 34 heavy (non-hydrogen) atoms. The Labute approximate surface area is 213 Å². The zero-order valence-electron chi connectivity index (χ0n) is 18.7. The number of benzene rings is 3. The van der Waals surface area contributed by atoms with E-state index in [1.807, 2.05) is 66.7 Å². The van der Waals surface area contributed by atoms with Crippen LogP contribution >= 0.6 is 28.1 Å². The summed E-state index contributed by atoms with van der Waals surface area (Å²) in [6.07, 6.45) is 1.87. The van der Waals surface area contributed by atoms with Gasteiger partial charge < -0.3 is 4.74 Å². The quantitative estimate of drug-likeness (QED) is 0.211. The molecule has 0 unspecified atom stereocenters. The summed E-state index contributed by atoms with van der Waals surface area (Å²) >= 11 is 8.62. The molecule has 0 radical (unpaired) electrons. The second kappa shape index (κ2) is 12.9. The molecule has 0 saturated heterocycles. The Balaban J connectivity index is 1.65. The van der Waals surface area contributed by atoms with Crippen molar-refractivity contribution in [2.45, 2.75) is 25.7 Å². The van der Waals surface area contributed by atoms with E-state index in [-0.39, 0.29) is 11.0 Å². The maximum absolute atomic E-state index is 13.1. The predicted octanol–water partition coefficient (Wildman–Crippen LogP) is 5.10. The molecule has 2 amide bonds. The van der Waals surface area contributed by atoms with Crippen LogP contribution in [0.25, 0.3) is 0 Å². The number of carbonyl (C=O) groups excluding carboxylic acids is 2. The average molecular weight is 540 g/mol. The van der Waals surface area contributed by atoms with E-state index >= 15 is 0 Å². The number of rotatable bonds is 8. The Bertz CT molecular complexity index is 1090. The highest BCUT2D eigenvalue weighted by molar-refractivity contribution is 9.10. The van der Waals surface area contributed by atoms with E-state index in [2.05, 4.69) is 39.0 Å². The first kappa shape index (κ1) is 25.4. The number of hydrogen-bond donors (Lipinski definition) is 3. The van der Waals surface area contributed by atoms with Crippen molar-refractivity contribution in [3.63, 3.8) is 0 Å². The largest absolute Gasteiger partial charge is 0.493 e. The van der Waals surface area contributed by atoms with Gasteiger partial charge in [0.15, 0.2) is 5.11 Å². The van der Waals surface area contributed by atoms with Crippen LogP contribution in [0.15, 0.2) is 83.3 Å². The van der Waals surface area contributed by atoms with Crippen molar-refractivity contribution in [1.29, 1.82) is 0 Å². The first-order chi connectivity index (χ1) is 16.5. The minimum Gasteiger partial charge on any atom is -0.493 e. The lowest BCUT2D eigenvalue weighted by atomic mass is 9.91. The fourth-order valence-electron chi connectivity index (χ4n) is 3.31. The van der Waals surface area contributed by atoms with Crippen LogP contribution in [0.1, 0.15) is 47.2 Å². The zero-order valence-corrected chi connectivity index (χ0v) is 21.1. The van der Waals surface area contributed by atoms with E-state index < -0.39 is 11.8 Å². The number of unbranched alkanes of at least 4 members (excludes halogenated alkanes) is 1. The summed E-state index contributed by atoms with van der Waals surface area (Å²) in [5.41, 5.74) is 7.27. The lowest BCUT2D eigenvalue weighted by Gasteiger charge is -2.19. The number of nitrogens with one attached hydrogen (secondary N) is 3. The van der Waals surface area contributed by atoms with Gasteiger partial charge in [-0.3, -0.25) is 25.8 Å². The third-order valence-corrected chi connectivity index (χ3v) is 5.69. The lowest BCUT2D eigenvalue weighted by molar-refractivity contribution is -0.122. The van der Waals surface area contributed by atoms with Gasteiger partial charge in [-0.15, -0.1) is 0 Å². The molecule has 3 aromatic rings. The minimum atomic E-state index is -0.544. The average Bonchev–Trinajstić information content (AvgIpc) is 2.85. The first-order valence-electron chi connectivity index (χ1n) is 10.9. The van der Waals surface area contributed by atoms with Crippen LogP contribution in [-0.2, 0) is 4.79 Å². The van der Waals surface area contributed by atoms with Crippen LogP contribution in [0, 0.1) is 0 Å². The molecular weight excluding hydrogens is 514 g/mol. The molecule has 0 fully saturated rings. The van der Waals surface area contributed by atoms with E-state index in [1.165, 1.54) is 0 Å². The van der Waals surface area contributed by atoms with Crippen LogP contribution in [0.3, 0.4) is 0 Å². The maximum Gasteiger partial charge on any atom is 0.261 e. The number of amides is 2. The summed E-state index contributed by atoms with van der Waals surface area (Å²) in [7, 11) is 0. The van der Waals surface area contributed by atoms with Crippen LogP contribution in [-0.4, -0.2) is 23.5 Å². The minimum absolute atomic E-state index is 0.0299. The molecule has 6 nitrogen and oxygen atoms in total. The zero-order chi connectivity index (χ0) is 24.3. The number of carbonyl (C=O) groups is 2. The van der Waals surface area contributed by atoms with Gasteiger partial charge in [0.25, 0.3) is 5.91 Å². The first-order valence-corrected chi connectivity index (χ1v) is 12.1. The summed E-state index contributed by atoms with van der Waals surface area (Å²) in [4.78, 5) is 25.9. The Morgan fingerprint density at radius 3 is 2.15 bits per heavy atom. The third kappa shape index (κ3) is 7.13. The van der Waals surface area contributed by atoms with E-state index in [4.69, 9.17) is 17.0 Å². The summed E-state index contributed by atoms with van der Waals surface area (Å²) in [5, 5.41) is 2.56. The second-order valence-electron chi connectivity index (χ2n) is 7.49. The van der Waals surface area contributed by atoms with E-state index in [0.717, 1.165) is 28.4 Å². The van der Waals surface area contributed by atoms with E-state index in [0.29, 0.717) is 17.9 Å². The highest BCUT2D eigenvalue weighted by atomic mass is 79.9. The second-order valence-corrected chi connectivity index (χ2v) is 8.82. The SMILES string of the molecule is CCCCOc1ccc(Br)cc1C(=O)NC(=S)NNC(=O)C(c1ccccc1)c1ccccc1. The van der Waals surface area contributed by atoms with Crippen LogP contribution in [0.4, 0.5) is 0 Å². The summed E-state index contributed by atoms with van der Waals surface area (Å²) < 4.78 is 6.49. The van der Waals surface area contributed by atoms with Gasteiger partial charge in [0, 0.05) is 4.47 Å². The molecule has 3 aromatic carbocycles. The van der Waals surface area contributed by atoms with Crippen molar-refractivity contribution in [3.05, 3.63) is 100 Å². The normalized spacial score (nSPS) is 10.4. The number of thiocarbonyl (C=S) groups is 1. The topological polar surface area (TPSA) is 79.5 Å². The highest BCUT2D eigenvalue weighted by Gasteiger charge is 2.23. The fourth-order valence-corrected chi connectivity index (χ4v) is 3.82. The smallest absolute Gasteiger partial charge is 0.261 e. The summed E-state index contributed by atoms with van der Waals surface area (Å²) in [6.45, 7) is 2.58. The number of hydrazine groups is 1. The molecule has 176 valence electrons. The van der Waals surface area contributed by atoms with Crippen molar-refractivity contribution in [1.82, 2.24) is 16.2 Å². The molecule has 0 aliphatic heterocycles. The number of halogens is 1. The van der Waals surface area contributed by atoms with Gasteiger partial charge in [0.05, 0.1) is 18.1 Å². The molecule has 3 N–H and O–H groups in total. The van der Waals surface area contributed by atoms with Crippen molar-refractivity contribution >= 4 is 45.1 Å². The summed E-state index contributed by atoms with van der Waals surface area (Å²) in [6, 6.07) is 24.1. The van der Waals surface area contributed by atoms with Crippen LogP contribution in [0.5, 0.6) is 5.75 Å². The molecule has 0 atom stereocenters. The molecule has 0 aliphatic rings. The van der Waals surface area contributed by atoms with Gasteiger partial charge in [0.1, 0.15) is 5.75 Å². The maximum atomic E-state index is 13.1. The fraction of sp³-hybridized carbons (Fsp3) is 0.192. The Kier molecular flexibility index (Phi) is 9.61. The molecule has 0 aliphatic carbocycles. The molecule has 3 rings (SSSR count). The van der Waals surface area contributed by atoms with Crippen LogP contribution < -0.4 is 20.9 Å². The van der Waals surface area contributed by atoms with Crippen molar-refractivity contribution in [2.75, 3.05) is 6.61 Å². The van der Waals surface area contributed by atoms with Gasteiger partial charge in [-0.25, -0.2) is 0 Å². The Hall–Kier alpha value is -3.23.